The summed E-state index contributed by atoms with van der Waals surface area (Å²) in [6, 6.07) is 7.60. The van der Waals surface area contributed by atoms with Crippen molar-refractivity contribution in [3.8, 4) is 0 Å². The van der Waals surface area contributed by atoms with Crippen LogP contribution in [0.1, 0.15) is 32.3 Å². The van der Waals surface area contributed by atoms with Crippen LogP contribution in [0.5, 0.6) is 0 Å². The van der Waals surface area contributed by atoms with Gasteiger partial charge in [0.1, 0.15) is 0 Å². The van der Waals surface area contributed by atoms with E-state index in [4.69, 9.17) is 0 Å². The Morgan fingerprint density at radius 2 is 1.74 bits per heavy atom. The van der Waals surface area contributed by atoms with Gasteiger partial charge in [-0.1, -0.05) is 26.0 Å². The summed E-state index contributed by atoms with van der Waals surface area (Å²) >= 11 is 0. The summed E-state index contributed by atoms with van der Waals surface area (Å²) in [5, 5.41) is 3.24. The molecule has 1 aliphatic heterocycles. The number of nitrogens with zero attached hydrogens (tertiary/aromatic N) is 1. The first-order valence-corrected chi connectivity index (χ1v) is 6.77. The lowest BCUT2D eigenvalue weighted by Gasteiger charge is -2.28. The lowest BCUT2D eigenvalue weighted by atomic mass is 9.97. The Morgan fingerprint density at radius 3 is 2.26 bits per heavy atom. The Hall–Kier alpha value is -1.68. The van der Waals surface area contributed by atoms with Crippen molar-refractivity contribution >= 4 is 17.5 Å². The van der Waals surface area contributed by atoms with Crippen LogP contribution in [0.15, 0.2) is 24.3 Å². The van der Waals surface area contributed by atoms with E-state index >= 15 is 0 Å². The highest BCUT2D eigenvalue weighted by atomic mass is 16.2. The van der Waals surface area contributed by atoms with Crippen molar-refractivity contribution in [2.24, 2.45) is 5.92 Å². The maximum atomic E-state index is 12.0. The van der Waals surface area contributed by atoms with Crippen LogP contribution in [0, 0.1) is 5.92 Å². The van der Waals surface area contributed by atoms with Crippen LogP contribution < -0.4 is 10.2 Å². The topological polar surface area (TPSA) is 49.4 Å². The maximum absolute atomic E-state index is 12.0. The molecule has 0 unspecified atom stereocenters. The van der Waals surface area contributed by atoms with Crippen LogP contribution >= 0.6 is 0 Å². The molecule has 1 N–H and O–H groups in total. The second-order valence-corrected chi connectivity index (χ2v) is 5.08. The van der Waals surface area contributed by atoms with Crippen molar-refractivity contribution in [1.29, 1.82) is 0 Å². The standard InChI is InChI=1S/C15H20N2O2/c1-3-16-10-12-4-6-13(7-5-12)17-14(18)8-11(2)9-15(17)19/h4-7,11,16H,3,8-10H2,1-2H3. The Balaban J connectivity index is 2.13. The lowest BCUT2D eigenvalue weighted by molar-refractivity contribution is -0.130. The minimum absolute atomic E-state index is 0.0943. The van der Waals surface area contributed by atoms with Crippen molar-refractivity contribution in [1.82, 2.24) is 5.32 Å². The van der Waals surface area contributed by atoms with Crippen LogP contribution in [-0.2, 0) is 16.1 Å². The summed E-state index contributed by atoms with van der Waals surface area (Å²) in [6.07, 6.45) is 0.899. The van der Waals surface area contributed by atoms with Gasteiger partial charge in [-0.05, 0) is 30.2 Å². The number of piperidine rings is 1. The molecule has 1 aromatic rings. The fraction of sp³-hybridized carbons (Fsp3) is 0.467. The molecule has 4 nitrogen and oxygen atoms in total. The molecule has 1 aliphatic rings. The highest BCUT2D eigenvalue weighted by Gasteiger charge is 2.31. The lowest BCUT2D eigenvalue weighted by Crippen LogP contribution is -2.42. The zero-order chi connectivity index (χ0) is 13.8. The van der Waals surface area contributed by atoms with Gasteiger partial charge in [-0.3, -0.25) is 14.5 Å². The summed E-state index contributed by atoms with van der Waals surface area (Å²) in [5.74, 6) is -0.0318. The van der Waals surface area contributed by atoms with Crippen molar-refractivity contribution in [2.45, 2.75) is 33.2 Å². The molecule has 1 heterocycles. The van der Waals surface area contributed by atoms with Crippen LogP contribution in [-0.4, -0.2) is 18.4 Å². The second kappa shape index (κ2) is 5.97. The number of carbonyl (C=O) groups is 2. The monoisotopic (exact) mass is 260 g/mol. The van der Waals surface area contributed by atoms with Gasteiger partial charge in [0.2, 0.25) is 11.8 Å². The molecular weight excluding hydrogens is 240 g/mol. The van der Waals surface area contributed by atoms with Gasteiger partial charge in [-0.2, -0.15) is 0 Å². The van der Waals surface area contributed by atoms with E-state index in [1.807, 2.05) is 31.2 Å². The van der Waals surface area contributed by atoms with E-state index in [0.717, 1.165) is 18.7 Å². The van der Waals surface area contributed by atoms with Gasteiger partial charge >= 0.3 is 0 Å². The molecule has 1 aromatic carbocycles. The number of anilines is 1. The summed E-state index contributed by atoms with van der Waals surface area (Å²) in [5.41, 5.74) is 1.83. The summed E-state index contributed by atoms with van der Waals surface area (Å²) in [7, 11) is 0. The first-order chi connectivity index (χ1) is 9.11. The molecule has 0 atom stereocenters. The van der Waals surface area contributed by atoms with E-state index in [1.165, 1.54) is 4.90 Å². The average Bonchev–Trinajstić information content (AvgIpc) is 2.36. The third-order valence-corrected chi connectivity index (χ3v) is 3.32. The van der Waals surface area contributed by atoms with Crippen LogP contribution in [0.3, 0.4) is 0 Å². The minimum atomic E-state index is -0.0943. The fourth-order valence-electron chi connectivity index (χ4n) is 2.31. The van der Waals surface area contributed by atoms with Gasteiger partial charge < -0.3 is 5.32 Å². The molecule has 0 radical (unpaired) electrons. The summed E-state index contributed by atoms with van der Waals surface area (Å²) in [4.78, 5) is 25.2. The molecule has 0 saturated carbocycles. The van der Waals surface area contributed by atoms with E-state index in [2.05, 4.69) is 12.2 Å². The fourth-order valence-corrected chi connectivity index (χ4v) is 2.31. The largest absolute Gasteiger partial charge is 0.313 e. The van der Waals surface area contributed by atoms with Gasteiger partial charge in [0.15, 0.2) is 0 Å². The highest BCUT2D eigenvalue weighted by Crippen LogP contribution is 2.25. The maximum Gasteiger partial charge on any atom is 0.234 e. The SMILES string of the molecule is CCNCc1ccc(N2C(=O)CC(C)CC2=O)cc1. The minimum Gasteiger partial charge on any atom is -0.313 e. The third kappa shape index (κ3) is 3.20. The number of hydrogen-bond donors (Lipinski definition) is 1. The third-order valence-electron chi connectivity index (χ3n) is 3.32. The molecule has 0 aliphatic carbocycles. The number of imide groups is 1. The molecule has 102 valence electrons. The number of hydrogen-bond acceptors (Lipinski definition) is 3. The van der Waals surface area contributed by atoms with Crippen molar-refractivity contribution in [2.75, 3.05) is 11.4 Å². The molecule has 0 spiro atoms. The first kappa shape index (κ1) is 13.7. The van der Waals surface area contributed by atoms with E-state index in [1.54, 1.807) is 0 Å². The van der Waals surface area contributed by atoms with E-state index < -0.39 is 0 Å². The highest BCUT2D eigenvalue weighted by molar-refractivity contribution is 6.16. The van der Waals surface area contributed by atoms with Crippen molar-refractivity contribution in [3.63, 3.8) is 0 Å². The van der Waals surface area contributed by atoms with Gasteiger partial charge in [0, 0.05) is 19.4 Å². The Bertz CT molecular complexity index is 450. The molecule has 2 rings (SSSR count). The van der Waals surface area contributed by atoms with Crippen LogP contribution in [0.4, 0.5) is 5.69 Å². The molecule has 1 saturated heterocycles. The number of rotatable bonds is 4. The molecule has 2 amide bonds. The second-order valence-electron chi connectivity index (χ2n) is 5.08. The van der Waals surface area contributed by atoms with Crippen LogP contribution in [0.2, 0.25) is 0 Å². The van der Waals surface area contributed by atoms with Gasteiger partial charge in [0.25, 0.3) is 0 Å². The molecule has 19 heavy (non-hydrogen) atoms. The first-order valence-electron chi connectivity index (χ1n) is 6.77. The molecule has 4 heteroatoms. The number of carbonyl (C=O) groups excluding carboxylic acids is 2. The molecule has 0 aromatic heterocycles. The normalized spacial score (nSPS) is 17.1. The Kier molecular flexibility index (Phi) is 4.32. The number of amides is 2. The quantitative estimate of drug-likeness (QED) is 0.843. The predicted molar refractivity (Wildman–Crippen MR) is 74.7 cm³/mol. The number of benzene rings is 1. The molecule has 1 fully saturated rings. The van der Waals surface area contributed by atoms with Gasteiger partial charge in [0.05, 0.1) is 5.69 Å². The number of nitrogens with one attached hydrogen (secondary N) is 1. The Labute approximate surface area is 113 Å². The van der Waals surface area contributed by atoms with E-state index in [0.29, 0.717) is 18.5 Å². The molecular formula is C15H20N2O2. The predicted octanol–water partition coefficient (Wildman–Crippen LogP) is 2.09. The summed E-state index contributed by atoms with van der Waals surface area (Å²) in [6.45, 7) is 5.71. The van der Waals surface area contributed by atoms with Crippen LogP contribution in [0.25, 0.3) is 0 Å². The average molecular weight is 260 g/mol. The van der Waals surface area contributed by atoms with Gasteiger partial charge in [-0.15, -0.1) is 0 Å². The summed E-state index contributed by atoms with van der Waals surface area (Å²) < 4.78 is 0. The Morgan fingerprint density at radius 1 is 1.16 bits per heavy atom. The smallest absolute Gasteiger partial charge is 0.234 e. The van der Waals surface area contributed by atoms with E-state index in [9.17, 15) is 9.59 Å². The van der Waals surface area contributed by atoms with E-state index in [-0.39, 0.29) is 17.7 Å². The van der Waals surface area contributed by atoms with Crippen molar-refractivity contribution < 1.29 is 9.59 Å². The zero-order valence-electron chi connectivity index (χ0n) is 11.5. The molecule has 0 bridgehead atoms. The zero-order valence-corrected chi connectivity index (χ0v) is 11.5. The van der Waals surface area contributed by atoms with Crippen molar-refractivity contribution in [3.05, 3.63) is 29.8 Å². The van der Waals surface area contributed by atoms with Gasteiger partial charge in [-0.25, -0.2) is 0 Å².